The molecule has 3 nitrogen and oxygen atoms in total. The monoisotopic (exact) mass is 707 g/mol. The number of benzene rings is 7. The lowest BCUT2D eigenvalue weighted by atomic mass is 10.00. The van der Waals surface area contributed by atoms with Gasteiger partial charge in [0.1, 0.15) is 0 Å². The highest BCUT2D eigenvalue weighted by Crippen LogP contribution is 2.47. The second-order valence-corrected chi connectivity index (χ2v) is 18.1. The first-order valence-electron chi connectivity index (χ1n) is 17.3. The Hall–Kier alpha value is -5.85. The van der Waals surface area contributed by atoms with Crippen molar-refractivity contribution in [1.82, 2.24) is 4.98 Å². The molecule has 0 saturated carbocycles. The number of pyridine rings is 1. The molecule has 0 aliphatic carbocycles. The molecule has 0 amide bonds. The summed E-state index contributed by atoms with van der Waals surface area (Å²) in [6, 6.07) is 69.1. The Morgan fingerprint density at radius 2 is 0.596 bits per heavy atom. The van der Waals surface area contributed by atoms with E-state index in [2.05, 4.69) is 24.3 Å². The van der Waals surface area contributed by atoms with Gasteiger partial charge in [-0.05, 0) is 23.3 Å². The van der Waals surface area contributed by atoms with Crippen LogP contribution in [0.15, 0.2) is 212 Å². The van der Waals surface area contributed by atoms with Gasteiger partial charge in [0.25, 0.3) is 0 Å². The number of hydrogen-bond acceptors (Lipinski definition) is 3. The van der Waals surface area contributed by atoms with Gasteiger partial charge >= 0.3 is 0 Å². The van der Waals surface area contributed by atoms with Crippen LogP contribution in [0.5, 0.6) is 0 Å². The number of aromatic nitrogens is 1. The van der Waals surface area contributed by atoms with E-state index in [0.717, 1.165) is 43.5 Å². The van der Waals surface area contributed by atoms with E-state index in [0.29, 0.717) is 22.0 Å². The lowest BCUT2D eigenvalue weighted by Crippen LogP contribution is -2.27. The highest BCUT2D eigenvalue weighted by Gasteiger charge is 2.34. The number of nitrogens with zero attached hydrogens (tertiary/aromatic N) is 1. The third kappa shape index (κ3) is 6.09. The fourth-order valence-electron chi connectivity index (χ4n) is 6.94. The first-order valence-corrected chi connectivity index (χ1v) is 20.7. The maximum atomic E-state index is 15.8. The molecule has 0 unspecified atom stereocenters. The Balaban J connectivity index is 1.40. The smallest absolute Gasteiger partial charge is 0.171 e. The minimum atomic E-state index is -3.35. The molecule has 0 aliphatic heterocycles. The summed E-state index contributed by atoms with van der Waals surface area (Å²) in [6.07, 6.45) is 0. The van der Waals surface area contributed by atoms with Gasteiger partial charge in [-0.25, -0.2) is 4.98 Å². The fourth-order valence-corrected chi connectivity index (χ4v) is 12.7. The second-order valence-electron chi connectivity index (χ2n) is 12.6. The molecule has 52 heavy (non-hydrogen) atoms. The Morgan fingerprint density at radius 1 is 0.308 bits per heavy atom. The van der Waals surface area contributed by atoms with E-state index < -0.39 is 14.3 Å². The van der Waals surface area contributed by atoms with Gasteiger partial charge in [0.2, 0.25) is 0 Å². The molecule has 0 radical (unpaired) electrons. The molecular weight excluding hydrogens is 672 g/mol. The van der Waals surface area contributed by atoms with Crippen LogP contribution in [0.2, 0.25) is 0 Å². The summed E-state index contributed by atoms with van der Waals surface area (Å²) in [5, 5.41) is 4.44. The minimum Gasteiger partial charge on any atom is -0.309 e. The van der Waals surface area contributed by atoms with Gasteiger partial charge < -0.3 is 9.13 Å². The maximum absolute atomic E-state index is 15.8. The molecule has 250 valence electrons. The Kier molecular flexibility index (Phi) is 9.23. The highest BCUT2D eigenvalue weighted by molar-refractivity contribution is 7.86. The van der Waals surface area contributed by atoms with Gasteiger partial charge in [-0.2, -0.15) is 0 Å². The van der Waals surface area contributed by atoms with E-state index in [4.69, 9.17) is 4.98 Å². The quantitative estimate of drug-likeness (QED) is 0.141. The predicted octanol–water partition coefficient (Wildman–Crippen LogP) is 9.36. The van der Waals surface area contributed by atoms with Gasteiger partial charge in [0.05, 0.1) is 11.4 Å². The van der Waals surface area contributed by atoms with Crippen molar-refractivity contribution in [2.75, 3.05) is 0 Å². The minimum absolute atomic E-state index is 0.683. The second kappa shape index (κ2) is 14.4. The molecule has 0 atom stereocenters. The molecule has 5 heteroatoms. The first-order chi connectivity index (χ1) is 25.6. The third-order valence-electron chi connectivity index (χ3n) is 9.45. The molecule has 7 aromatic carbocycles. The molecule has 8 aromatic rings. The Bertz CT molecular complexity index is 2310. The third-order valence-corrected chi connectivity index (χ3v) is 15.7. The van der Waals surface area contributed by atoms with Crippen molar-refractivity contribution in [3.63, 3.8) is 0 Å². The topological polar surface area (TPSA) is 47.0 Å². The van der Waals surface area contributed by atoms with Crippen molar-refractivity contribution >= 4 is 46.1 Å². The Morgan fingerprint density at radius 3 is 0.942 bits per heavy atom. The largest absolute Gasteiger partial charge is 0.309 e. The van der Waals surface area contributed by atoms with Crippen LogP contribution in [0.3, 0.4) is 0 Å². The summed E-state index contributed by atoms with van der Waals surface area (Å²) in [4.78, 5) is 5.38. The van der Waals surface area contributed by atoms with Gasteiger partial charge in [0, 0.05) is 43.0 Å². The summed E-state index contributed by atoms with van der Waals surface area (Å²) in [7, 11) is -6.71. The summed E-state index contributed by atoms with van der Waals surface area (Å²) in [6.45, 7) is 0. The van der Waals surface area contributed by atoms with Crippen LogP contribution in [-0.2, 0) is 9.13 Å². The summed E-state index contributed by atoms with van der Waals surface area (Å²) in [5.74, 6) is 0. The van der Waals surface area contributed by atoms with Crippen LogP contribution < -0.4 is 31.8 Å². The molecule has 0 bridgehead atoms. The van der Waals surface area contributed by atoms with E-state index in [1.54, 1.807) is 0 Å². The van der Waals surface area contributed by atoms with Gasteiger partial charge in [-0.15, -0.1) is 0 Å². The zero-order valence-electron chi connectivity index (χ0n) is 28.4. The van der Waals surface area contributed by atoms with Gasteiger partial charge in [-0.1, -0.05) is 200 Å². The van der Waals surface area contributed by atoms with Crippen molar-refractivity contribution < 1.29 is 9.13 Å². The zero-order chi connectivity index (χ0) is 35.4. The van der Waals surface area contributed by atoms with E-state index >= 15 is 9.13 Å². The van der Waals surface area contributed by atoms with E-state index in [-0.39, 0.29) is 0 Å². The highest BCUT2D eigenvalue weighted by atomic mass is 31.2. The van der Waals surface area contributed by atoms with Crippen molar-refractivity contribution in [1.29, 1.82) is 0 Å². The van der Waals surface area contributed by atoms with E-state index in [9.17, 15) is 0 Å². The van der Waals surface area contributed by atoms with Crippen LogP contribution in [0.1, 0.15) is 0 Å². The summed E-state index contributed by atoms with van der Waals surface area (Å²) < 4.78 is 31.5. The molecule has 1 heterocycles. The van der Waals surface area contributed by atoms with Crippen LogP contribution >= 0.6 is 14.3 Å². The maximum Gasteiger partial charge on any atom is 0.171 e. The molecule has 0 fully saturated rings. The fraction of sp³-hybridized carbons (Fsp3) is 0. The summed E-state index contributed by atoms with van der Waals surface area (Å²) in [5.41, 5.74) is 4.90. The SMILES string of the molecule is O=P(c1ccccc1)(c1ccccc1)c1ccccc1-c1cc(-c2ccccc2)cc(-c2ccccc2P(=O)(c2ccccc2)c2ccccc2)n1. The van der Waals surface area contributed by atoms with Gasteiger partial charge in [0.15, 0.2) is 14.3 Å². The van der Waals surface area contributed by atoms with Crippen LogP contribution in [0.4, 0.5) is 0 Å². The average molecular weight is 708 g/mol. The molecule has 0 aliphatic rings. The standard InChI is InChI=1S/C47H35NO2P2/c49-51(38-22-8-2-9-23-38,39-24-10-3-11-25-39)46-32-18-16-30-42(46)44-34-37(36-20-6-1-7-21-36)35-45(48-44)43-31-17-19-33-47(43)52(50,40-26-12-4-13-27-40)41-28-14-5-15-29-41/h1-35H. The zero-order valence-corrected chi connectivity index (χ0v) is 30.2. The normalized spacial score (nSPS) is 11.6. The lowest BCUT2D eigenvalue weighted by Gasteiger charge is -2.24. The molecule has 0 saturated heterocycles. The van der Waals surface area contributed by atoms with E-state index in [1.807, 2.05) is 188 Å². The molecule has 1 aromatic heterocycles. The number of hydrogen-bond donors (Lipinski definition) is 0. The van der Waals surface area contributed by atoms with Crippen LogP contribution in [-0.4, -0.2) is 4.98 Å². The molecule has 0 N–H and O–H groups in total. The van der Waals surface area contributed by atoms with Crippen molar-refractivity contribution in [3.8, 4) is 33.6 Å². The lowest BCUT2D eigenvalue weighted by molar-refractivity contribution is 0.591. The number of rotatable bonds is 9. The van der Waals surface area contributed by atoms with Crippen molar-refractivity contribution in [2.24, 2.45) is 0 Å². The molecule has 0 spiro atoms. The molecular formula is C47H35NO2P2. The Labute approximate surface area is 305 Å². The average Bonchev–Trinajstić information content (AvgIpc) is 3.24. The van der Waals surface area contributed by atoms with Crippen LogP contribution in [0.25, 0.3) is 33.6 Å². The van der Waals surface area contributed by atoms with Crippen molar-refractivity contribution in [3.05, 3.63) is 212 Å². The molecule has 8 rings (SSSR count). The van der Waals surface area contributed by atoms with Crippen molar-refractivity contribution in [2.45, 2.75) is 0 Å². The van der Waals surface area contributed by atoms with Gasteiger partial charge in [-0.3, -0.25) is 0 Å². The van der Waals surface area contributed by atoms with E-state index in [1.165, 1.54) is 0 Å². The first kappa shape index (κ1) is 33.3. The summed E-state index contributed by atoms with van der Waals surface area (Å²) >= 11 is 0. The predicted molar refractivity (Wildman–Crippen MR) is 219 cm³/mol. The van der Waals surface area contributed by atoms with Crippen LogP contribution in [0, 0.1) is 0 Å².